The van der Waals surface area contributed by atoms with Crippen LogP contribution >= 0.6 is 0 Å². The molecule has 0 saturated heterocycles. The lowest BCUT2D eigenvalue weighted by Gasteiger charge is -2.13. The van der Waals surface area contributed by atoms with E-state index >= 15 is 0 Å². The molecule has 2 N–H and O–H groups in total. The highest BCUT2D eigenvalue weighted by Gasteiger charge is 2.18. The van der Waals surface area contributed by atoms with E-state index in [0.29, 0.717) is 11.3 Å². The van der Waals surface area contributed by atoms with Crippen molar-refractivity contribution in [2.24, 2.45) is 0 Å². The number of rotatable bonds is 3. The molecule has 26 heavy (non-hydrogen) atoms. The zero-order valence-electron chi connectivity index (χ0n) is 14.1. The summed E-state index contributed by atoms with van der Waals surface area (Å²) in [5, 5.41) is 13.5. The minimum atomic E-state index is -0.446. The van der Waals surface area contributed by atoms with Gasteiger partial charge in [0.25, 0.3) is 5.56 Å². The molecule has 2 heterocycles. The fraction of sp³-hybridized carbons (Fsp3) is 0.167. The van der Waals surface area contributed by atoms with Crippen LogP contribution in [0.1, 0.15) is 25.6 Å². The third-order valence-electron chi connectivity index (χ3n) is 3.68. The summed E-state index contributed by atoms with van der Waals surface area (Å²) >= 11 is 0. The zero-order valence-corrected chi connectivity index (χ0v) is 14.1. The fourth-order valence-corrected chi connectivity index (χ4v) is 2.47. The van der Waals surface area contributed by atoms with Gasteiger partial charge in [0.15, 0.2) is 11.5 Å². The molecule has 0 amide bonds. The predicted octanol–water partition coefficient (Wildman–Crippen LogP) is 2.54. The van der Waals surface area contributed by atoms with Crippen molar-refractivity contribution in [2.75, 3.05) is 5.73 Å². The van der Waals surface area contributed by atoms with Gasteiger partial charge in [0.1, 0.15) is 29.0 Å². The Labute approximate surface area is 148 Å². The van der Waals surface area contributed by atoms with Crippen molar-refractivity contribution in [3.63, 3.8) is 0 Å². The molecule has 0 aliphatic rings. The highest BCUT2D eigenvalue weighted by atomic mass is 19.1. The van der Waals surface area contributed by atoms with Crippen LogP contribution in [-0.2, 0) is 0 Å². The number of nitrogens with zero attached hydrogens (tertiary/aromatic N) is 5. The van der Waals surface area contributed by atoms with Crippen LogP contribution in [0.2, 0.25) is 0 Å². The predicted molar refractivity (Wildman–Crippen MR) is 94.4 cm³/mol. The summed E-state index contributed by atoms with van der Waals surface area (Å²) in [7, 11) is 0. The van der Waals surface area contributed by atoms with Gasteiger partial charge in [-0.1, -0.05) is 12.1 Å². The van der Waals surface area contributed by atoms with Crippen molar-refractivity contribution in [1.82, 2.24) is 19.7 Å². The molecular formula is C18H15FN6O. The van der Waals surface area contributed by atoms with Crippen LogP contribution in [-0.4, -0.2) is 19.7 Å². The second-order valence-corrected chi connectivity index (χ2v) is 5.87. The monoisotopic (exact) mass is 350 g/mol. The Balaban J connectivity index is 2.31. The molecule has 2 aromatic heterocycles. The minimum absolute atomic E-state index is 0.0623. The van der Waals surface area contributed by atoms with E-state index in [-0.39, 0.29) is 34.5 Å². The van der Waals surface area contributed by atoms with Gasteiger partial charge in [0.2, 0.25) is 0 Å². The van der Waals surface area contributed by atoms with Gasteiger partial charge in [-0.2, -0.15) is 10.4 Å². The maximum absolute atomic E-state index is 13.7. The number of anilines is 1. The molecule has 0 fully saturated rings. The molecule has 130 valence electrons. The molecule has 0 aliphatic carbocycles. The van der Waals surface area contributed by atoms with E-state index in [1.165, 1.54) is 35.0 Å². The summed E-state index contributed by atoms with van der Waals surface area (Å²) < 4.78 is 15.0. The van der Waals surface area contributed by atoms with Crippen LogP contribution in [0, 0.1) is 17.1 Å². The Hall–Kier alpha value is -3.60. The molecule has 1 aromatic carbocycles. The summed E-state index contributed by atoms with van der Waals surface area (Å²) in [5.41, 5.74) is 6.76. The Kier molecular flexibility index (Phi) is 4.45. The van der Waals surface area contributed by atoms with Crippen LogP contribution < -0.4 is 11.3 Å². The number of nitrogens with two attached hydrogens (primary N) is 1. The van der Waals surface area contributed by atoms with Crippen LogP contribution in [0.3, 0.4) is 0 Å². The number of benzene rings is 1. The van der Waals surface area contributed by atoms with Crippen molar-refractivity contribution in [3.05, 3.63) is 58.3 Å². The van der Waals surface area contributed by atoms with Crippen LogP contribution in [0.4, 0.5) is 10.2 Å². The van der Waals surface area contributed by atoms with E-state index in [0.717, 1.165) is 0 Å². The van der Waals surface area contributed by atoms with Crippen molar-refractivity contribution >= 4 is 5.82 Å². The topological polar surface area (TPSA) is 110 Å². The molecule has 0 saturated carbocycles. The lowest BCUT2D eigenvalue weighted by Crippen LogP contribution is -2.24. The number of hydrogen-bond donors (Lipinski definition) is 1. The first-order chi connectivity index (χ1) is 12.4. The number of nitrogen functional groups attached to an aromatic ring is 1. The summed E-state index contributed by atoms with van der Waals surface area (Å²) in [6, 6.07) is 10.3. The summed E-state index contributed by atoms with van der Waals surface area (Å²) in [6.07, 6.45) is 0. The van der Waals surface area contributed by atoms with Crippen molar-refractivity contribution < 1.29 is 4.39 Å². The maximum atomic E-state index is 13.7. The second kappa shape index (κ2) is 6.72. The van der Waals surface area contributed by atoms with E-state index in [1.807, 2.05) is 19.9 Å². The first-order valence-electron chi connectivity index (χ1n) is 7.84. The van der Waals surface area contributed by atoms with E-state index in [9.17, 15) is 14.4 Å². The second-order valence-electron chi connectivity index (χ2n) is 5.87. The van der Waals surface area contributed by atoms with Crippen molar-refractivity contribution in [1.29, 1.82) is 5.26 Å². The molecule has 0 aliphatic heterocycles. The highest BCUT2D eigenvalue weighted by molar-refractivity contribution is 5.77. The van der Waals surface area contributed by atoms with Crippen molar-refractivity contribution in [3.8, 4) is 28.7 Å². The molecule has 0 bridgehead atoms. The van der Waals surface area contributed by atoms with E-state index in [1.54, 1.807) is 6.07 Å². The molecule has 0 unspecified atom stereocenters. The Morgan fingerprint density at radius 1 is 1.19 bits per heavy atom. The fourth-order valence-electron chi connectivity index (χ4n) is 2.47. The van der Waals surface area contributed by atoms with Gasteiger partial charge in [-0.25, -0.2) is 19.0 Å². The lowest BCUT2D eigenvalue weighted by molar-refractivity contribution is 0.504. The van der Waals surface area contributed by atoms with Crippen LogP contribution in [0.25, 0.3) is 22.6 Å². The maximum Gasteiger partial charge on any atom is 0.267 e. The smallest absolute Gasteiger partial charge is 0.267 e. The number of halogens is 1. The third-order valence-corrected chi connectivity index (χ3v) is 3.68. The molecule has 0 spiro atoms. The van der Waals surface area contributed by atoms with Gasteiger partial charge < -0.3 is 5.73 Å². The normalized spacial score (nSPS) is 10.7. The first-order valence-corrected chi connectivity index (χ1v) is 7.84. The van der Waals surface area contributed by atoms with E-state index in [4.69, 9.17) is 5.73 Å². The summed E-state index contributed by atoms with van der Waals surface area (Å²) in [4.78, 5) is 20.4. The highest BCUT2D eigenvalue weighted by Crippen LogP contribution is 2.29. The van der Waals surface area contributed by atoms with Crippen LogP contribution in [0.15, 0.2) is 41.2 Å². The Morgan fingerprint density at radius 3 is 2.62 bits per heavy atom. The van der Waals surface area contributed by atoms with Crippen LogP contribution in [0.5, 0.6) is 0 Å². The Bertz CT molecular complexity index is 1080. The van der Waals surface area contributed by atoms with Gasteiger partial charge in [-0.05, 0) is 32.0 Å². The SMILES string of the molecule is CC(C)n1nc(-c2nc(C#N)c(N)nc2-c2cccc(F)c2)ccc1=O. The van der Waals surface area contributed by atoms with Gasteiger partial charge in [0, 0.05) is 11.6 Å². The Morgan fingerprint density at radius 2 is 1.96 bits per heavy atom. The number of aromatic nitrogens is 4. The summed E-state index contributed by atoms with van der Waals surface area (Å²) in [6.45, 7) is 3.64. The van der Waals surface area contributed by atoms with Gasteiger partial charge >= 0.3 is 0 Å². The van der Waals surface area contributed by atoms with Gasteiger partial charge in [-0.15, -0.1) is 0 Å². The molecule has 3 aromatic rings. The van der Waals surface area contributed by atoms with Crippen molar-refractivity contribution in [2.45, 2.75) is 19.9 Å². The molecule has 0 radical (unpaired) electrons. The van der Waals surface area contributed by atoms with E-state index < -0.39 is 5.82 Å². The van der Waals surface area contributed by atoms with Gasteiger partial charge in [0.05, 0.1) is 6.04 Å². The molecule has 0 atom stereocenters. The quantitative estimate of drug-likeness (QED) is 0.777. The average Bonchev–Trinajstić information content (AvgIpc) is 2.62. The first kappa shape index (κ1) is 17.2. The minimum Gasteiger partial charge on any atom is -0.381 e. The zero-order chi connectivity index (χ0) is 18.8. The largest absolute Gasteiger partial charge is 0.381 e. The number of hydrogen-bond acceptors (Lipinski definition) is 6. The standard InChI is InChI=1S/C18H15FN6O/c1-10(2)25-15(26)7-6-13(24-25)17-16(11-4-3-5-12(19)8-11)23-18(21)14(9-20)22-17/h3-8,10H,1-2H3,(H2,21,23). The molecule has 3 rings (SSSR count). The third kappa shape index (κ3) is 3.15. The molecular weight excluding hydrogens is 335 g/mol. The number of nitriles is 1. The van der Waals surface area contributed by atoms with Gasteiger partial charge in [-0.3, -0.25) is 4.79 Å². The summed E-state index contributed by atoms with van der Waals surface area (Å²) in [5.74, 6) is -0.508. The van der Waals surface area contributed by atoms with E-state index in [2.05, 4.69) is 15.1 Å². The molecule has 7 nitrogen and oxygen atoms in total. The molecule has 8 heteroatoms. The lowest BCUT2D eigenvalue weighted by atomic mass is 10.1. The average molecular weight is 350 g/mol.